The number of halogens is 2. The number of alkyl halides is 2. The van der Waals surface area contributed by atoms with Crippen LogP contribution in [0.4, 0.5) is 8.78 Å². The minimum Gasteiger partial charge on any atom is -0.375 e. The Bertz CT molecular complexity index is 214. The molecule has 0 aromatic carbocycles. The molecule has 0 saturated heterocycles. The summed E-state index contributed by atoms with van der Waals surface area (Å²) in [7, 11) is 0. The van der Waals surface area contributed by atoms with E-state index in [9.17, 15) is 13.6 Å². The molecule has 0 bridgehead atoms. The summed E-state index contributed by atoms with van der Waals surface area (Å²) in [4.78, 5) is 11.0. The molecule has 0 spiro atoms. The molecule has 86 valence electrons. The number of unbranched alkanes of at least 4 members (excludes halogenated alkanes) is 1. The van der Waals surface area contributed by atoms with E-state index in [1.165, 1.54) is 0 Å². The van der Waals surface area contributed by atoms with Crippen molar-refractivity contribution in [2.24, 2.45) is 0 Å². The normalized spacial score (nSPS) is 10.0. The lowest BCUT2D eigenvalue weighted by Gasteiger charge is -2.04. The van der Waals surface area contributed by atoms with E-state index in [-0.39, 0.29) is 18.9 Å². The summed E-state index contributed by atoms with van der Waals surface area (Å²) < 4.78 is 27.8. The highest BCUT2D eigenvalue weighted by Crippen LogP contribution is 1.93. The summed E-state index contributed by atoms with van der Waals surface area (Å²) in [6, 6.07) is 0. The Morgan fingerprint density at radius 3 is 2.87 bits per heavy atom. The van der Waals surface area contributed by atoms with E-state index in [4.69, 9.17) is 6.42 Å². The Morgan fingerprint density at radius 1 is 1.53 bits per heavy atom. The molecule has 0 fully saturated rings. The lowest BCUT2D eigenvalue weighted by molar-refractivity contribution is -0.122. The molecule has 0 aromatic rings. The van der Waals surface area contributed by atoms with Gasteiger partial charge in [0.05, 0.1) is 6.61 Å². The third-order valence-electron chi connectivity index (χ3n) is 1.54. The van der Waals surface area contributed by atoms with Gasteiger partial charge in [0.15, 0.2) is 0 Å². The summed E-state index contributed by atoms with van der Waals surface area (Å²) in [6.45, 7) is -0.0897. The predicted molar refractivity (Wildman–Crippen MR) is 52.5 cm³/mol. The van der Waals surface area contributed by atoms with Gasteiger partial charge in [-0.1, -0.05) is 0 Å². The fraction of sp³-hybridized carbons (Fsp3) is 0.700. The van der Waals surface area contributed by atoms with Gasteiger partial charge in [0, 0.05) is 19.4 Å². The smallest absolute Gasteiger partial charge is 0.261 e. The molecule has 1 amide bonds. The van der Waals surface area contributed by atoms with Gasteiger partial charge in [0.1, 0.15) is 6.61 Å². The zero-order valence-electron chi connectivity index (χ0n) is 8.47. The van der Waals surface area contributed by atoms with Crippen LogP contribution in [0.15, 0.2) is 0 Å². The second kappa shape index (κ2) is 9.41. The van der Waals surface area contributed by atoms with Gasteiger partial charge in [0.25, 0.3) is 6.43 Å². The van der Waals surface area contributed by atoms with Crippen LogP contribution in [-0.2, 0) is 9.53 Å². The highest BCUT2D eigenvalue weighted by Gasteiger charge is 2.03. The average molecular weight is 219 g/mol. The van der Waals surface area contributed by atoms with Crippen molar-refractivity contribution in [1.29, 1.82) is 0 Å². The summed E-state index contributed by atoms with van der Waals surface area (Å²) in [5.41, 5.74) is 0. The van der Waals surface area contributed by atoms with Gasteiger partial charge in [-0.2, -0.15) is 0 Å². The Morgan fingerprint density at radius 2 is 2.27 bits per heavy atom. The molecule has 3 nitrogen and oxygen atoms in total. The Labute approximate surface area is 88.2 Å². The van der Waals surface area contributed by atoms with Gasteiger partial charge in [-0.15, -0.1) is 12.3 Å². The van der Waals surface area contributed by atoms with E-state index < -0.39 is 13.0 Å². The number of hydrogen-bond donors (Lipinski definition) is 1. The van der Waals surface area contributed by atoms with Gasteiger partial charge in [0.2, 0.25) is 5.91 Å². The SMILES string of the molecule is C#CCCCNC(=O)CCOCC(F)F. The maximum atomic E-state index is 11.6. The number of terminal acetylenes is 1. The van der Waals surface area contributed by atoms with E-state index in [1.54, 1.807) is 0 Å². The number of carbonyl (C=O) groups is 1. The second-order valence-electron chi connectivity index (χ2n) is 2.87. The summed E-state index contributed by atoms with van der Waals surface area (Å²) >= 11 is 0. The van der Waals surface area contributed by atoms with Crippen LogP contribution < -0.4 is 5.32 Å². The molecule has 0 saturated carbocycles. The van der Waals surface area contributed by atoms with Crippen LogP contribution in [0.5, 0.6) is 0 Å². The quantitative estimate of drug-likeness (QED) is 0.492. The molecule has 0 aromatic heterocycles. The van der Waals surface area contributed by atoms with E-state index >= 15 is 0 Å². The lowest BCUT2D eigenvalue weighted by atomic mass is 10.3. The first-order valence-corrected chi connectivity index (χ1v) is 4.73. The molecular weight excluding hydrogens is 204 g/mol. The fourth-order valence-corrected chi connectivity index (χ4v) is 0.844. The number of amides is 1. The van der Waals surface area contributed by atoms with Crippen molar-refractivity contribution in [2.75, 3.05) is 19.8 Å². The fourth-order valence-electron chi connectivity index (χ4n) is 0.844. The van der Waals surface area contributed by atoms with Crippen LogP contribution in [0.3, 0.4) is 0 Å². The number of hydrogen-bond acceptors (Lipinski definition) is 2. The highest BCUT2D eigenvalue weighted by atomic mass is 19.3. The largest absolute Gasteiger partial charge is 0.375 e. The van der Waals surface area contributed by atoms with Gasteiger partial charge in [-0.05, 0) is 6.42 Å². The van der Waals surface area contributed by atoms with Crippen molar-refractivity contribution in [3.8, 4) is 12.3 Å². The third-order valence-corrected chi connectivity index (χ3v) is 1.54. The zero-order valence-corrected chi connectivity index (χ0v) is 8.47. The zero-order chi connectivity index (χ0) is 11.5. The lowest BCUT2D eigenvalue weighted by Crippen LogP contribution is -2.25. The molecule has 0 unspecified atom stereocenters. The molecule has 0 rings (SSSR count). The topological polar surface area (TPSA) is 38.3 Å². The summed E-state index contributed by atoms with van der Waals surface area (Å²) in [6.07, 6.45) is 3.97. The monoisotopic (exact) mass is 219 g/mol. The first-order chi connectivity index (χ1) is 7.16. The standard InChI is InChI=1S/C10H15F2NO2/c1-2-3-4-6-13-10(14)5-7-15-8-9(11)12/h1,9H,3-8H2,(H,13,14). The molecule has 0 aliphatic rings. The maximum absolute atomic E-state index is 11.6. The van der Waals surface area contributed by atoms with Gasteiger partial charge in [-0.3, -0.25) is 4.79 Å². The predicted octanol–water partition coefficient (Wildman–Crippen LogP) is 1.19. The van der Waals surface area contributed by atoms with Crippen LogP contribution in [0.25, 0.3) is 0 Å². The molecule has 0 aliphatic carbocycles. The van der Waals surface area contributed by atoms with E-state index in [0.29, 0.717) is 13.0 Å². The molecule has 0 aliphatic heterocycles. The molecule has 15 heavy (non-hydrogen) atoms. The molecule has 0 radical (unpaired) electrons. The number of carbonyl (C=O) groups excluding carboxylic acids is 1. The van der Waals surface area contributed by atoms with Crippen LogP contribution in [-0.4, -0.2) is 32.1 Å². The minimum absolute atomic E-state index is 0.0192. The minimum atomic E-state index is -2.48. The average Bonchev–Trinajstić information content (AvgIpc) is 2.19. The number of ether oxygens (including phenoxy) is 1. The van der Waals surface area contributed by atoms with E-state index in [0.717, 1.165) is 6.42 Å². The van der Waals surface area contributed by atoms with Crippen molar-refractivity contribution in [3.05, 3.63) is 0 Å². The third kappa shape index (κ3) is 10.8. The first kappa shape index (κ1) is 13.8. The van der Waals surface area contributed by atoms with Crippen molar-refractivity contribution in [2.45, 2.75) is 25.7 Å². The molecule has 5 heteroatoms. The Kier molecular flexibility index (Phi) is 8.69. The van der Waals surface area contributed by atoms with Crippen molar-refractivity contribution in [3.63, 3.8) is 0 Å². The molecule has 0 heterocycles. The second-order valence-corrected chi connectivity index (χ2v) is 2.87. The van der Waals surface area contributed by atoms with Crippen molar-refractivity contribution >= 4 is 5.91 Å². The van der Waals surface area contributed by atoms with Crippen molar-refractivity contribution in [1.82, 2.24) is 5.32 Å². The van der Waals surface area contributed by atoms with E-state index in [2.05, 4.69) is 16.0 Å². The Hall–Kier alpha value is -1.15. The summed E-state index contributed by atoms with van der Waals surface area (Å²) in [5, 5.41) is 2.60. The molecule has 1 N–H and O–H groups in total. The van der Waals surface area contributed by atoms with Gasteiger partial charge in [-0.25, -0.2) is 8.78 Å². The highest BCUT2D eigenvalue weighted by molar-refractivity contribution is 5.75. The van der Waals surface area contributed by atoms with Gasteiger partial charge < -0.3 is 10.1 Å². The van der Waals surface area contributed by atoms with E-state index in [1.807, 2.05) is 0 Å². The van der Waals surface area contributed by atoms with Crippen LogP contribution in [0.2, 0.25) is 0 Å². The van der Waals surface area contributed by atoms with Crippen molar-refractivity contribution < 1.29 is 18.3 Å². The van der Waals surface area contributed by atoms with Crippen LogP contribution in [0, 0.1) is 12.3 Å². The maximum Gasteiger partial charge on any atom is 0.261 e. The number of nitrogens with one attached hydrogen (secondary N) is 1. The number of rotatable bonds is 8. The van der Waals surface area contributed by atoms with Crippen LogP contribution >= 0.6 is 0 Å². The Balaban J connectivity index is 3.23. The van der Waals surface area contributed by atoms with Crippen LogP contribution in [0.1, 0.15) is 19.3 Å². The molecular formula is C10H15F2NO2. The first-order valence-electron chi connectivity index (χ1n) is 4.73. The molecule has 0 atom stereocenters. The van der Waals surface area contributed by atoms with Gasteiger partial charge >= 0.3 is 0 Å². The summed E-state index contributed by atoms with van der Waals surface area (Å²) in [5.74, 6) is 2.24.